The largest absolute Gasteiger partial charge is 0.504 e. The van der Waals surface area contributed by atoms with Crippen LogP contribution >= 0.6 is 11.8 Å². The van der Waals surface area contributed by atoms with Gasteiger partial charge < -0.3 is 9.84 Å². The predicted octanol–water partition coefficient (Wildman–Crippen LogP) is 7.50. The molecular weight excluding hydrogens is 340 g/mol. The van der Waals surface area contributed by atoms with Crippen LogP contribution in [0.1, 0.15) is 110 Å². The zero-order valence-electron chi connectivity index (χ0n) is 17.8. The zero-order chi connectivity index (χ0) is 19.1. The molecule has 0 spiro atoms. The molecule has 0 fully saturated rings. The first-order valence-corrected chi connectivity index (χ1v) is 12.4. The topological polar surface area (TPSA) is 29.5 Å². The number of hydrogen-bond donors (Lipinski definition) is 1. The van der Waals surface area contributed by atoms with Crippen molar-refractivity contribution in [2.24, 2.45) is 0 Å². The van der Waals surface area contributed by atoms with E-state index >= 15 is 0 Å². The molecule has 0 unspecified atom stereocenters. The van der Waals surface area contributed by atoms with Crippen molar-refractivity contribution in [3.05, 3.63) is 11.8 Å². The van der Waals surface area contributed by atoms with E-state index in [1.54, 1.807) is 13.4 Å². The number of unbranched alkanes of at least 4 members (excludes halogenated alkanes) is 15. The highest BCUT2D eigenvalue weighted by Crippen LogP contribution is 2.15. The molecular formula is C23H46O2S. The first kappa shape index (κ1) is 25.9. The van der Waals surface area contributed by atoms with Crippen molar-refractivity contribution >= 4 is 11.8 Å². The molecule has 2 nitrogen and oxygen atoms in total. The van der Waals surface area contributed by atoms with E-state index in [0.717, 1.165) is 11.3 Å². The SMILES string of the molecule is CCCCCCCCCCCCCCCCCCSCC(=COC)CO. The van der Waals surface area contributed by atoms with Gasteiger partial charge in [0.15, 0.2) is 0 Å². The summed E-state index contributed by atoms with van der Waals surface area (Å²) in [6.07, 6.45) is 24.4. The van der Waals surface area contributed by atoms with Crippen LogP contribution in [0.5, 0.6) is 0 Å². The molecule has 0 aromatic heterocycles. The van der Waals surface area contributed by atoms with Crippen molar-refractivity contribution < 1.29 is 9.84 Å². The summed E-state index contributed by atoms with van der Waals surface area (Å²) in [6, 6.07) is 0. The standard InChI is InChI=1S/C23H46O2S/c1-3-4-5-6-7-8-9-10-11-12-13-14-15-16-17-18-19-26-22-23(20-24)21-25-2/h21,24H,3-20,22H2,1-2H3. The van der Waals surface area contributed by atoms with Gasteiger partial charge in [0.25, 0.3) is 0 Å². The number of methoxy groups -OCH3 is 1. The molecule has 0 aliphatic carbocycles. The Balaban J connectivity index is 3.10. The summed E-state index contributed by atoms with van der Waals surface area (Å²) < 4.78 is 4.95. The molecule has 0 saturated heterocycles. The highest BCUT2D eigenvalue weighted by atomic mass is 32.2. The van der Waals surface area contributed by atoms with Crippen molar-refractivity contribution in [1.29, 1.82) is 0 Å². The summed E-state index contributed by atoms with van der Waals surface area (Å²) >= 11 is 1.90. The Hall–Kier alpha value is -0.150. The van der Waals surface area contributed by atoms with Crippen LogP contribution in [-0.2, 0) is 4.74 Å². The highest BCUT2D eigenvalue weighted by molar-refractivity contribution is 7.99. The molecule has 0 aliphatic rings. The van der Waals surface area contributed by atoms with Crippen molar-refractivity contribution in [1.82, 2.24) is 0 Å². The van der Waals surface area contributed by atoms with Gasteiger partial charge in [0.1, 0.15) is 0 Å². The van der Waals surface area contributed by atoms with Crippen LogP contribution in [0, 0.1) is 0 Å². The van der Waals surface area contributed by atoms with Gasteiger partial charge in [-0.05, 0) is 17.7 Å². The summed E-state index contributed by atoms with van der Waals surface area (Å²) in [7, 11) is 1.63. The maximum atomic E-state index is 9.14. The summed E-state index contributed by atoms with van der Waals surface area (Å²) in [5, 5.41) is 9.14. The van der Waals surface area contributed by atoms with Crippen LogP contribution < -0.4 is 0 Å². The van der Waals surface area contributed by atoms with Gasteiger partial charge in [0.05, 0.1) is 20.0 Å². The number of aliphatic hydroxyl groups is 1. The van der Waals surface area contributed by atoms with E-state index < -0.39 is 0 Å². The van der Waals surface area contributed by atoms with E-state index in [1.165, 1.54) is 108 Å². The Labute approximate surface area is 168 Å². The molecule has 0 aliphatic heterocycles. The van der Waals surface area contributed by atoms with Gasteiger partial charge >= 0.3 is 0 Å². The van der Waals surface area contributed by atoms with Crippen molar-refractivity contribution in [2.45, 2.75) is 110 Å². The average molecular weight is 387 g/mol. The third-order valence-electron chi connectivity index (χ3n) is 4.92. The molecule has 0 saturated carbocycles. The van der Waals surface area contributed by atoms with Crippen LogP contribution in [0.3, 0.4) is 0 Å². The molecule has 0 radical (unpaired) electrons. The molecule has 26 heavy (non-hydrogen) atoms. The van der Waals surface area contributed by atoms with E-state index in [1.807, 2.05) is 11.8 Å². The van der Waals surface area contributed by atoms with Gasteiger partial charge in [0, 0.05) is 5.75 Å². The third kappa shape index (κ3) is 20.2. The van der Waals surface area contributed by atoms with E-state index in [9.17, 15) is 0 Å². The summed E-state index contributed by atoms with van der Waals surface area (Å²) in [5.41, 5.74) is 0.981. The molecule has 0 aromatic carbocycles. The van der Waals surface area contributed by atoms with E-state index in [0.29, 0.717) is 0 Å². The van der Waals surface area contributed by atoms with Crippen molar-refractivity contribution in [3.8, 4) is 0 Å². The van der Waals surface area contributed by atoms with E-state index in [-0.39, 0.29) is 6.61 Å². The lowest BCUT2D eigenvalue weighted by atomic mass is 10.0. The Bertz CT molecular complexity index is 292. The van der Waals surface area contributed by atoms with E-state index in [2.05, 4.69) is 6.92 Å². The van der Waals surface area contributed by atoms with Gasteiger partial charge in [-0.25, -0.2) is 0 Å². The van der Waals surface area contributed by atoms with Gasteiger partial charge in [-0.2, -0.15) is 11.8 Å². The smallest absolute Gasteiger partial charge is 0.0847 e. The van der Waals surface area contributed by atoms with Gasteiger partial charge in [0.2, 0.25) is 0 Å². The Morgan fingerprint density at radius 2 is 1.15 bits per heavy atom. The number of thioether (sulfide) groups is 1. The molecule has 0 atom stereocenters. The normalized spacial score (nSPS) is 11.9. The minimum absolute atomic E-state index is 0.111. The lowest BCUT2D eigenvalue weighted by Gasteiger charge is -2.05. The molecule has 0 heterocycles. The lowest BCUT2D eigenvalue weighted by molar-refractivity contribution is 0.302. The summed E-state index contributed by atoms with van der Waals surface area (Å²) in [4.78, 5) is 0. The molecule has 3 heteroatoms. The molecule has 1 N–H and O–H groups in total. The van der Waals surface area contributed by atoms with Gasteiger partial charge in [-0.15, -0.1) is 0 Å². The zero-order valence-corrected chi connectivity index (χ0v) is 18.6. The van der Waals surface area contributed by atoms with Crippen LogP contribution in [0.4, 0.5) is 0 Å². The Kier molecular flexibility index (Phi) is 22.8. The number of hydrogen-bond acceptors (Lipinski definition) is 3. The fourth-order valence-corrected chi connectivity index (χ4v) is 4.21. The Morgan fingerprint density at radius 1 is 0.731 bits per heavy atom. The van der Waals surface area contributed by atoms with Gasteiger partial charge in [-0.1, -0.05) is 103 Å². The van der Waals surface area contributed by atoms with Crippen LogP contribution in [0.15, 0.2) is 11.8 Å². The molecule has 0 aromatic rings. The second-order valence-electron chi connectivity index (χ2n) is 7.53. The van der Waals surface area contributed by atoms with Crippen LogP contribution in [0.25, 0.3) is 0 Å². The fraction of sp³-hybridized carbons (Fsp3) is 0.913. The second kappa shape index (κ2) is 22.9. The first-order chi connectivity index (χ1) is 12.8. The summed E-state index contributed by atoms with van der Waals surface area (Å²) in [6.45, 7) is 2.40. The van der Waals surface area contributed by atoms with Crippen molar-refractivity contribution in [2.75, 3.05) is 25.2 Å². The lowest BCUT2D eigenvalue weighted by Crippen LogP contribution is -1.96. The van der Waals surface area contributed by atoms with Gasteiger partial charge in [-0.3, -0.25) is 0 Å². The molecule has 0 amide bonds. The average Bonchev–Trinajstić information content (AvgIpc) is 2.66. The molecule has 0 rings (SSSR count). The fourth-order valence-electron chi connectivity index (χ4n) is 3.24. The predicted molar refractivity (Wildman–Crippen MR) is 119 cm³/mol. The van der Waals surface area contributed by atoms with Crippen LogP contribution in [-0.4, -0.2) is 30.3 Å². The number of aliphatic hydroxyl groups excluding tert-OH is 1. The van der Waals surface area contributed by atoms with Crippen molar-refractivity contribution in [3.63, 3.8) is 0 Å². The van der Waals surface area contributed by atoms with Crippen LogP contribution in [0.2, 0.25) is 0 Å². The quantitative estimate of drug-likeness (QED) is 0.163. The minimum atomic E-state index is 0.111. The monoisotopic (exact) mass is 386 g/mol. The summed E-state index contributed by atoms with van der Waals surface area (Å²) in [5.74, 6) is 2.09. The third-order valence-corrected chi connectivity index (χ3v) is 6.07. The maximum Gasteiger partial charge on any atom is 0.0847 e. The number of rotatable bonds is 21. The number of ether oxygens (including phenoxy) is 1. The van der Waals surface area contributed by atoms with E-state index in [4.69, 9.17) is 9.84 Å². The maximum absolute atomic E-state index is 9.14. The first-order valence-electron chi connectivity index (χ1n) is 11.2. The second-order valence-corrected chi connectivity index (χ2v) is 8.63. The molecule has 0 bridgehead atoms. The highest BCUT2D eigenvalue weighted by Gasteiger charge is 1.98. The Morgan fingerprint density at radius 3 is 1.54 bits per heavy atom. The minimum Gasteiger partial charge on any atom is -0.504 e. The molecule has 156 valence electrons.